The maximum atomic E-state index is 4.66. The highest BCUT2D eigenvalue weighted by atomic mass is 15.1. The van der Waals surface area contributed by atoms with Gasteiger partial charge in [0.05, 0.1) is 0 Å². The lowest BCUT2D eigenvalue weighted by Gasteiger charge is -2.26. The Bertz CT molecular complexity index is 419. The van der Waals surface area contributed by atoms with Crippen LogP contribution in [-0.4, -0.2) is 23.1 Å². The molecular formula is C15H26N4. The number of nitrogens with one attached hydrogen (secondary N) is 2. The summed E-state index contributed by atoms with van der Waals surface area (Å²) in [6.07, 6.45) is 4.08. The molecule has 2 rings (SSSR count). The van der Waals surface area contributed by atoms with E-state index in [1.807, 2.05) is 6.07 Å². The SMILES string of the molecule is CCNc1cc(NCC2CCC2)nc(C(C)(C)C)n1. The molecule has 4 nitrogen and oxygen atoms in total. The van der Waals surface area contributed by atoms with Crippen LogP contribution < -0.4 is 10.6 Å². The van der Waals surface area contributed by atoms with Gasteiger partial charge in [0, 0.05) is 24.6 Å². The van der Waals surface area contributed by atoms with Gasteiger partial charge in [-0.1, -0.05) is 27.2 Å². The molecule has 1 aromatic heterocycles. The van der Waals surface area contributed by atoms with Gasteiger partial charge in [0.2, 0.25) is 0 Å². The molecule has 2 N–H and O–H groups in total. The molecule has 106 valence electrons. The molecule has 0 aromatic carbocycles. The van der Waals surface area contributed by atoms with Gasteiger partial charge in [-0.15, -0.1) is 0 Å². The van der Waals surface area contributed by atoms with Crippen molar-refractivity contribution in [2.75, 3.05) is 23.7 Å². The normalized spacial score (nSPS) is 16.0. The average molecular weight is 262 g/mol. The molecule has 1 aliphatic rings. The summed E-state index contributed by atoms with van der Waals surface area (Å²) >= 11 is 0. The molecule has 1 saturated carbocycles. The third-order valence-corrected chi connectivity index (χ3v) is 3.55. The van der Waals surface area contributed by atoms with Crippen molar-refractivity contribution in [2.45, 2.75) is 52.4 Å². The van der Waals surface area contributed by atoms with E-state index in [9.17, 15) is 0 Å². The zero-order chi connectivity index (χ0) is 13.9. The minimum Gasteiger partial charge on any atom is -0.370 e. The summed E-state index contributed by atoms with van der Waals surface area (Å²) in [4.78, 5) is 9.25. The van der Waals surface area contributed by atoms with E-state index in [1.165, 1.54) is 19.3 Å². The Hall–Kier alpha value is -1.32. The molecule has 0 bridgehead atoms. The molecule has 1 aromatic rings. The van der Waals surface area contributed by atoms with Crippen LogP contribution in [0.15, 0.2) is 6.07 Å². The Labute approximate surface area is 116 Å². The third-order valence-electron chi connectivity index (χ3n) is 3.55. The van der Waals surface area contributed by atoms with Gasteiger partial charge in [-0.05, 0) is 25.7 Å². The summed E-state index contributed by atoms with van der Waals surface area (Å²) in [5, 5.41) is 6.75. The van der Waals surface area contributed by atoms with E-state index in [0.29, 0.717) is 0 Å². The second kappa shape index (κ2) is 5.76. The van der Waals surface area contributed by atoms with Crippen molar-refractivity contribution < 1.29 is 0 Å². The predicted octanol–water partition coefficient (Wildman–Crippen LogP) is 3.42. The van der Waals surface area contributed by atoms with Gasteiger partial charge >= 0.3 is 0 Å². The summed E-state index contributed by atoms with van der Waals surface area (Å²) in [6, 6.07) is 2.01. The molecule has 1 aliphatic carbocycles. The second-order valence-corrected chi connectivity index (χ2v) is 6.42. The van der Waals surface area contributed by atoms with Gasteiger partial charge in [-0.3, -0.25) is 0 Å². The monoisotopic (exact) mass is 262 g/mol. The van der Waals surface area contributed by atoms with Gasteiger partial charge < -0.3 is 10.6 Å². The highest BCUT2D eigenvalue weighted by molar-refractivity contribution is 5.48. The van der Waals surface area contributed by atoms with E-state index in [-0.39, 0.29) is 5.41 Å². The second-order valence-electron chi connectivity index (χ2n) is 6.42. The fourth-order valence-electron chi connectivity index (χ4n) is 2.09. The van der Waals surface area contributed by atoms with Crippen LogP contribution in [0.5, 0.6) is 0 Å². The molecule has 0 radical (unpaired) electrons. The first-order chi connectivity index (χ1) is 8.99. The van der Waals surface area contributed by atoms with Crippen LogP contribution in [0.25, 0.3) is 0 Å². The molecule has 0 atom stereocenters. The van der Waals surface area contributed by atoms with Crippen molar-refractivity contribution in [3.63, 3.8) is 0 Å². The minimum absolute atomic E-state index is 0.0294. The number of aromatic nitrogens is 2. The molecule has 0 aliphatic heterocycles. The van der Waals surface area contributed by atoms with Crippen LogP contribution in [0, 0.1) is 5.92 Å². The highest BCUT2D eigenvalue weighted by Gasteiger charge is 2.20. The standard InChI is InChI=1S/C15H26N4/c1-5-16-12-9-13(17-10-11-7-6-8-11)19-14(18-12)15(2,3)4/h9,11H,5-8,10H2,1-4H3,(H2,16,17,18,19). The van der Waals surface area contributed by atoms with Crippen molar-refractivity contribution >= 4 is 11.6 Å². The van der Waals surface area contributed by atoms with Crippen LogP contribution in [0.2, 0.25) is 0 Å². The van der Waals surface area contributed by atoms with Crippen LogP contribution in [-0.2, 0) is 5.41 Å². The zero-order valence-corrected chi connectivity index (χ0v) is 12.6. The van der Waals surface area contributed by atoms with Gasteiger partial charge in [-0.2, -0.15) is 0 Å². The molecule has 0 amide bonds. The van der Waals surface area contributed by atoms with E-state index in [4.69, 9.17) is 0 Å². The molecule has 0 saturated heterocycles. The molecule has 19 heavy (non-hydrogen) atoms. The van der Waals surface area contributed by atoms with E-state index in [0.717, 1.165) is 36.5 Å². The molecule has 1 heterocycles. The number of rotatable bonds is 5. The van der Waals surface area contributed by atoms with E-state index in [1.54, 1.807) is 0 Å². The molecule has 1 fully saturated rings. The average Bonchev–Trinajstić information content (AvgIpc) is 2.26. The minimum atomic E-state index is -0.0294. The largest absolute Gasteiger partial charge is 0.370 e. The van der Waals surface area contributed by atoms with Crippen molar-refractivity contribution in [2.24, 2.45) is 5.92 Å². The van der Waals surface area contributed by atoms with E-state index < -0.39 is 0 Å². The summed E-state index contributed by atoms with van der Waals surface area (Å²) in [6.45, 7) is 10.4. The lowest BCUT2D eigenvalue weighted by atomic mass is 9.85. The summed E-state index contributed by atoms with van der Waals surface area (Å²) in [7, 11) is 0. The van der Waals surface area contributed by atoms with Crippen LogP contribution in [0.4, 0.5) is 11.6 Å². The number of anilines is 2. The third kappa shape index (κ3) is 3.82. The molecule has 0 unspecified atom stereocenters. The van der Waals surface area contributed by atoms with Crippen molar-refractivity contribution in [1.82, 2.24) is 9.97 Å². The fraction of sp³-hybridized carbons (Fsp3) is 0.733. The van der Waals surface area contributed by atoms with Crippen LogP contribution >= 0.6 is 0 Å². The Balaban J connectivity index is 2.13. The summed E-state index contributed by atoms with van der Waals surface area (Å²) < 4.78 is 0. The zero-order valence-electron chi connectivity index (χ0n) is 12.6. The maximum absolute atomic E-state index is 4.66. The summed E-state index contributed by atoms with van der Waals surface area (Å²) in [5.41, 5.74) is -0.0294. The Morgan fingerprint density at radius 1 is 1.16 bits per heavy atom. The molecule has 0 spiro atoms. The quantitative estimate of drug-likeness (QED) is 0.853. The van der Waals surface area contributed by atoms with Crippen molar-refractivity contribution in [3.8, 4) is 0 Å². The van der Waals surface area contributed by atoms with Gasteiger partial charge in [-0.25, -0.2) is 9.97 Å². The molecular weight excluding hydrogens is 236 g/mol. The lowest BCUT2D eigenvalue weighted by Crippen LogP contribution is -2.23. The fourth-order valence-corrected chi connectivity index (χ4v) is 2.09. The smallest absolute Gasteiger partial charge is 0.138 e. The molecule has 4 heteroatoms. The predicted molar refractivity (Wildman–Crippen MR) is 80.7 cm³/mol. The Kier molecular flexibility index (Phi) is 4.27. The van der Waals surface area contributed by atoms with E-state index in [2.05, 4.69) is 48.3 Å². The number of hydrogen-bond acceptors (Lipinski definition) is 4. The van der Waals surface area contributed by atoms with Gasteiger partial charge in [0.1, 0.15) is 17.5 Å². The number of hydrogen-bond donors (Lipinski definition) is 2. The van der Waals surface area contributed by atoms with Crippen molar-refractivity contribution in [3.05, 3.63) is 11.9 Å². The van der Waals surface area contributed by atoms with Crippen LogP contribution in [0.3, 0.4) is 0 Å². The van der Waals surface area contributed by atoms with Crippen molar-refractivity contribution in [1.29, 1.82) is 0 Å². The Morgan fingerprint density at radius 3 is 2.26 bits per heavy atom. The first kappa shape index (κ1) is 14.1. The topological polar surface area (TPSA) is 49.8 Å². The lowest BCUT2D eigenvalue weighted by molar-refractivity contribution is 0.333. The Morgan fingerprint density at radius 2 is 1.79 bits per heavy atom. The first-order valence-corrected chi connectivity index (χ1v) is 7.36. The first-order valence-electron chi connectivity index (χ1n) is 7.36. The highest BCUT2D eigenvalue weighted by Crippen LogP contribution is 2.27. The van der Waals surface area contributed by atoms with E-state index >= 15 is 0 Å². The van der Waals surface area contributed by atoms with Gasteiger partial charge in [0.15, 0.2) is 0 Å². The van der Waals surface area contributed by atoms with Crippen LogP contribution in [0.1, 0.15) is 52.8 Å². The maximum Gasteiger partial charge on any atom is 0.138 e. The number of nitrogens with zero attached hydrogens (tertiary/aromatic N) is 2. The van der Waals surface area contributed by atoms with Gasteiger partial charge in [0.25, 0.3) is 0 Å². The summed E-state index contributed by atoms with van der Waals surface area (Å²) in [5.74, 6) is 3.58.